The van der Waals surface area contributed by atoms with Crippen molar-refractivity contribution in [3.8, 4) is 11.5 Å². The third-order valence-electron chi connectivity index (χ3n) is 7.97. The Balaban J connectivity index is 1.72. The SMILES string of the molecule is COc1ccc(C(C)(C)C)cc1CN[C@H](c1ccccc1)[C@H](NCc1cc(C(C)(C)C)ccc1OC)c1ccccc1. The topological polar surface area (TPSA) is 42.5 Å². The Morgan fingerprint density at radius 1 is 0.524 bits per heavy atom. The summed E-state index contributed by atoms with van der Waals surface area (Å²) in [4.78, 5) is 0. The number of hydrogen-bond donors (Lipinski definition) is 2. The zero-order chi connectivity index (χ0) is 30.3. The van der Waals surface area contributed by atoms with Crippen molar-refractivity contribution in [1.82, 2.24) is 10.6 Å². The molecule has 0 radical (unpaired) electrons. The highest BCUT2D eigenvalue weighted by Gasteiger charge is 2.26. The minimum absolute atomic E-state index is 0.00612. The van der Waals surface area contributed by atoms with Crippen molar-refractivity contribution in [3.63, 3.8) is 0 Å². The smallest absolute Gasteiger partial charge is 0.123 e. The lowest BCUT2D eigenvalue weighted by Gasteiger charge is -2.31. The molecule has 4 aromatic carbocycles. The Morgan fingerprint density at radius 2 is 0.881 bits per heavy atom. The fraction of sp³-hybridized carbons (Fsp3) is 0.368. The highest BCUT2D eigenvalue weighted by atomic mass is 16.5. The molecule has 0 unspecified atom stereocenters. The molecule has 0 saturated heterocycles. The molecule has 2 atom stereocenters. The highest BCUT2D eigenvalue weighted by Crippen LogP contribution is 2.34. The number of methoxy groups -OCH3 is 2. The maximum absolute atomic E-state index is 5.80. The van der Waals surface area contributed by atoms with E-state index in [1.54, 1.807) is 14.2 Å². The molecule has 0 aliphatic heterocycles. The summed E-state index contributed by atoms with van der Waals surface area (Å²) >= 11 is 0. The van der Waals surface area contributed by atoms with Gasteiger partial charge in [0.1, 0.15) is 11.5 Å². The van der Waals surface area contributed by atoms with Gasteiger partial charge in [0.05, 0.1) is 26.3 Å². The Bertz CT molecular complexity index is 1310. The summed E-state index contributed by atoms with van der Waals surface area (Å²) in [7, 11) is 3.50. The molecular formula is C38H48N2O2. The van der Waals surface area contributed by atoms with E-state index >= 15 is 0 Å². The summed E-state index contributed by atoms with van der Waals surface area (Å²) in [6.45, 7) is 14.8. The standard InChI is InChI=1S/C38H48N2O2/c1-37(2,3)31-19-21-33(41-7)29(23-31)25-39-35(27-15-11-9-12-16-27)36(28-17-13-10-14-18-28)40-26-30-24-32(38(4,5)6)20-22-34(30)42-8/h9-24,35-36,39-40H,25-26H2,1-8H3/t35-,36-/m1/s1. The lowest BCUT2D eigenvalue weighted by atomic mass is 9.85. The van der Waals surface area contributed by atoms with Crippen LogP contribution in [0.4, 0.5) is 0 Å². The molecular weight excluding hydrogens is 516 g/mol. The number of rotatable bonds is 11. The molecule has 0 saturated carbocycles. The van der Waals surface area contributed by atoms with Gasteiger partial charge in [0.25, 0.3) is 0 Å². The third-order valence-corrected chi connectivity index (χ3v) is 7.97. The van der Waals surface area contributed by atoms with Crippen molar-refractivity contribution in [2.75, 3.05) is 14.2 Å². The largest absolute Gasteiger partial charge is 0.496 e. The van der Waals surface area contributed by atoms with Gasteiger partial charge in [0.15, 0.2) is 0 Å². The summed E-state index contributed by atoms with van der Waals surface area (Å²) in [6.07, 6.45) is 0. The van der Waals surface area contributed by atoms with E-state index < -0.39 is 0 Å². The van der Waals surface area contributed by atoms with Crippen LogP contribution in [-0.2, 0) is 23.9 Å². The third kappa shape index (κ3) is 7.81. The molecule has 0 aliphatic carbocycles. The minimum atomic E-state index is -0.00612. The van der Waals surface area contributed by atoms with E-state index in [0.717, 1.165) is 22.6 Å². The lowest BCUT2D eigenvalue weighted by molar-refractivity contribution is 0.365. The lowest BCUT2D eigenvalue weighted by Crippen LogP contribution is -2.35. The molecule has 0 fully saturated rings. The summed E-state index contributed by atoms with van der Waals surface area (Å²) in [6, 6.07) is 34.5. The molecule has 0 heterocycles. The zero-order valence-corrected chi connectivity index (χ0v) is 26.6. The van der Waals surface area contributed by atoms with Crippen LogP contribution in [0.5, 0.6) is 11.5 Å². The predicted octanol–water partition coefficient (Wildman–Crippen LogP) is 8.66. The second-order valence-electron chi connectivity index (χ2n) is 13.1. The van der Waals surface area contributed by atoms with Crippen LogP contribution in [0.1, 0.15) is 87.0 Å². The van der Waals surface area contributed by atoms with Crippen molar-refractivity contribution in [2.24, 2.45) is 0 Å². The summed E-state index contributed by atoms with van der Waals surface area (Å²) in [5.41, 5.74) is 7.43. The van der Waals surface area contributed by atoms with Crippen LogP contribution in [0, 0.1) is 0 Å². The van der Waals surface area contributed by atoms with Crippen molar-refractivity contribution < 1.29 is 9.47 Å². The van der Waals surface area contributed by atoms with E-state index in [4.69, 9.17) is 9.47 Å². The van der Waals surface area contributed by atoms with Gasteiger partial charge in [-0.25, -0.2) is 0 Å². The van der Waals surface area contributed by atoms with Gasteiger partial charge in [-0.1, -0.05) is 126 Å². The molecule has 0 aliphatic rings. The fourth-order valence-corrected chi connectivity index (χ4v) is 5.38. The number of benzene rings is 4. The summed E-state index contributed by atoms with van der Waals surface area (Å²) < 4.78 is 11.6. The molecule has 2 N–H and O–H groups in total. The highest BCUT2D eigenvalue weighted by molar-refractivity contribution is 5.41. The molecule has 0 amide bonds. The maximum Gasteiger partial charge on any atom is 0.123 e. The Kier molecular flexibility index (Phi) is 10.1. The van der Waals surface area contributed by atoms with Crippen molar-refractivity contribution in [1.29, 1.82) is 0 Å². The quantitative estimate of drug-likeness (QED) is 0.191. The normalized spacial score (nSPS) is 13.4. The Morgan fingerprint density at radius 3 is 1.19 bits per heavy atom. The van der Waals surface area contributed by atoms with E-state index in [-0.39, 0.29) is 22.9 Å². The van der Waals surface area contributed by atoms with Crippen LogP contribution in [0.15, 0.2) is 97.1 Å². The molecule has 4 aromatic rings. The van der Waals surface area contributed by atoms with Crippen LogP contribution in [-0.4, -0.2) is 14.2 Å². The van der Waals surface area contributed by atoms with Crippen LogP contribution in [0.3, 0.4) is 0 Å². The van der Waals surface area contributed by atoms with E-state index in [0.29, 0.717) is 13.1 Å². The van der Waals surface area contributed by atoms with Gasteiger partial charge in [0.2, 0.25) is 0 Å². The zero-order valence-electron chi connectivity index (χ0n) is 26.6. The van der Waals surface area contributed by atoms with Crippen LogP contribution in [0.25, 0.3) is 0 Å². The molecule has 0 bridgehead atoms. The Labute approximate surface area is 253 Å². The van der Waals surface area contributed by atoms with E-state index in [1.165, 1.54) is 22.3 Å². The van der Waals surface area contributed by atoms with E-state index in [2.05, 4.69) is 149 Å². The fourth-order valence-electron chi connectivity index (χ4n) is 5.38. The van der Waals surface area contributed by atoms with Gasteiger partial charge in [0, 0.05) is 24.2 Å². The average molecular weight is 565 g/mol. The number of nitrogens with one attached hydrogen (secondary N) is 2. The van der Waals surface area contributed by atoms with Crippen molar-refractivity contribution >= 4 is 0 Å². The van der Waals surface area contributed by atoms with Gasteiger partial charge >= 0.3 is 0 Å². The molecule has 4 rings (SSSR count). The second kappa shape index (κ2) is 13.6. The van der Waals surface area contributed by atoms with Gasteiger partial charge in [-0.05, 0) is 45.2 Å². The van der Waals surface area contributed by atoms with E-state index in [9.17, 15) is 0 Å². The average Bonchev–Trinajstić information content (AvgIpc) is 2.98. The minimum Gasteiger partial charge on any atom is -0.496 e. The maximum atomic E-state index is 5.80. The molecule has 0 spiro atoms. The molecule has 4 nitrogen and oxygen atoms in total. The first-order chi connectivity index (χ1) is 20.0. The summed E-state index contributed by atoms with van der Waals surface area (Å²) in [5, 5.41) is 7.86. The van der Waals surface area contributed by atoms with Crippen LogP contribution < -0.4 is 20.1 Å². The van der Waals surface area contributed by atoms with Crippen LogP contribution in [0.2, 0.25) is 0 Å². The molecule has 42 heavy (non-hydrogen) atoms. The van der Waals surface area contributed by atoms with Gasteiger partial charge < -0.3 is 20.1 Å². The first-order valence-electron chi connectivity index (χ1n) is 14.9. The Hall–Kier alpha value is -3.60. The van der Waals surface area contributed by atoms with Crippen molar-refractivity contribution in [3.05, 3.63) is 130 Å². The van der Waals surface area contributed by atoms with Crippen molar-refractivity contribution in [2.45, 2.75) is 77.5 Å². The van der Waals surface area contributed by atoms with Gasteiger partial charge in [-0.2, -0.15) is 0 Å². The molecule has 4 heteroatoms. The summed E-state index contributed by atoms with van der Waals surface area (Å²) in [5.74, 6) is 1.80. The first kappa shape index (κ1) is 31.3. The van der Waals surface area contributed by atoms with Crippen LogP contribution >= 0.6 is 0 Å². The predicted molar refractivity (Wildman–Crippen MR) is 175 cm³/mol. The second-order valence-corrected chi connectivity index (χ2v) is 13.1. The van der Waals surface area contributed by atoms with Gasteiger partial charge in [-0.3, -0.25) is 0 Å². The van der Waals surface area contributed by atoms with Gasteiger partial charge in [-0.15, -0.1) is 0 Å². The van der Waals surface area contributed by atoms with E-state index in [1.807, 2.05) is 0 Å². The number of hydrogen-bond acceptors (Lipinski definition) is 4. The monoisotopic (exact) mass is 564 g/mol. The number of ether oxygens (including phenoxy) is 2. The molecule has 222 valence electrons. The first-order valence-corrected chi connectivity index (χ1v) is 14.9. The molecule has 0 aromatic heterocycles.